The first-order valence-corrected chi connectivity index (χ1v) is 10.6. The second kappa shape index (κ2) is 8.00. The summed E-state index contributed by atoms with van der Waals surface area (Å²) in [5.41, 5.74) is -0.353. The lowest BCUT2D eigenvalue weighted by Crippen LogP contribution is -2.39. The molecule has 0 radical (unpaired) electrons. The van der Waals surface area contributed by atoms with Gasteiger partial charge in [-0.25, -0.2) is 4.99 Å². The summed E-state index contributed by atoms with van der Waals surface area (Å²) >= 11 is 5.88. The van der Waals surface area contributed by atoms with E-state index in [0.717, 1.165) is 31.8 Å². The van der Waals surface area contributed by atoms with Crippen LogP contribution in [0.3, 0.4) is 0 Å². The SMILES string of the molecule is C[C@H](C(=O)Nc1ccc(Cl)cc1)C1CCC2(CC1)COC1N=C(C(F)(F)F)C=CC12. The van der Waals surface area contributed by atoms with Crippen LogP contribution in [0.15, 0.2) is 41.4 Å². The molecule has 2 heterocycles. The molecule has 1 aromatic carbocycles. The topological polar surface area (TPSA) is 50.7 Å². The summed E-state index contributed by atoms with van der Waals surface area (Å²) in [5, 5.41) is 3.54. The number of hydrogen-bond acceptors (Lipinski definition) is 3. The van der Waals surface area contributed by atoms with Crippen molar-refractivity contribution in [2.45, 2.75) is 45.0 Å². The highest BCUT2D eigenvalue weighted by molar-refractivity contribution is 6.30. The van der Waals surface area contributed by atoms with E-state index in [2.05, 4.69) is 10.3 Å². The van der Waals surface area contributed by atoms with Crippen LogP contribution in [0.25, 0.3) is 0 Å². The first kappa shape index (κ1) is 21.4. The van der Waals surface area contributed by atoms with Gasteiger partial charge in [0.15, 0.2) is 6.23 Å². The second-order valence-corrected chi connectivity index (χ2v) is 9.02. The van der Waals surface area contributed by atoms with Gasteiger partial charge in [0.25, 0.3) is 0 Å². The number of carbonyl (C=O) groups excluding carboxylic acids is 1. The molecule has 2 fully saturated rings. The molecule has 1 aliphatic carbocycles. The van der Waals surface area contributed by atoms with Crippen molar-refractivity contribution in [3.8, 4) is 0 Å². The highest BCUT2D eigenvalue weighted by Gasteiger charge is 2.52. The molecule has 162 valence electrons. The Morgan fingerprint density at radius 1 is 1.27 bits per heavy atom. The number of nitrogens with one attached hydrogen (secondary N) is 1. The van der Waals surface area contributed by atoms with Crippen LogP contribution in [-0.2, 0) is 9.53 Å². The van der Waals surface area contributed by atoms with E-state index in [9.17, 15) is 18.0 Å². The van der Waals surface area contributed by atoms with E-state index in [1.54, 1.807) is 30.3 Å². The normalized spacial score (nSPS) is 31.9. The fourth-order valence-corrected chi connectivity index (χ4v) is 5.04. The van der Waals surface area contributed by atoms with Crippen molar-refractivity contribution in [2.24, 2.45) is 28.2 Å². The zero-order valence-corrected chi connectivity index (χ0v) is 17.3. The fourth-order valence-electron chi connectivity index (χ4n) is 4.91. The van der Waals surface area contributed by atoms with E-state index in [-0.39, 0.29) is 29.1 Å². The van der Waals surface area contributed by atoms with Crippen LogP contribution >= 0.6 is 11.6 Å². The van der Waals surface area contributed by atoms with Crippen LogP contribution < -0.4 is 5.32 Å². The fraction of sp³-hybridized carbons (Fsp3) is 0.545. The molecule has 30 heavy (non-hydrogen) atoms. The van der Waals surface area contributed by atoms with Crippen LogP contribution in [0, 0.1) is 23.2 Å². The molecule has 1 spiro atoms. The third kappa shape index (κ3) is 4.14. The first-order valence-electron chi connectivity index (χ1n) is 10.2. The number of allylic oxidation sites excluding steroid dienone is 1. The maximum absolute atomic E-state index is 12.9. The van der Waals surface area contributed by atoms with Gasteiger partial charge in [0.2, 0.25) is 5.91 Å². The summed E-state index contributed by atoms with van der Waals surface area (Å²) in [6.07, 6.45) is 0.823. The predicted octanol–water partition coefficient (Wildman–Crippen LogP) is 5.64. The molecule has 8 heteroatoms. The lowest BCUT2D eigenvalue weighted by atomic mass is 9.62. The Labute approximate surface area is 178 Å². The zero-order valence-electron chi connectivity index (χ0n) is 16.6. The summed E-state index contributed by atoms with van der Waals surface area (Å²) in [7, 11) is 0. The summed E-state index contributed by atoms with van der Waals surface area (Å²) in [6, 6.07) is 6.99. The lowest BCUT2D eigenvalue weighted by molar-refractivity contribution is -0.121. The van der Waals surface area contributed by atoms with Gasteiger partial charge >= 0.3 is 6.18 Å². The number of rotatable bonds is 3. The Kier molecular flexibility index (Phi) is 5.70. The minimum atomic E-state index is -4.45. The van der Waals surface area contributed by atoms with Gasteiger partial charge in [-0.3, -0.25) is 4.79 Å². The van der Waals surface area contributed by atoms with Gasteiger partial charge in [0.05, 0.1) is 6.61 Å². The number of hydrogen-bond donors (Lipinski definition) is 1. The number of ether oxygens (including phenoxy) is 1. The molecular weight excluding hydrogens is 417 g/mol. The van der Waals surface area contributed by atoms with Crippen LogP contribution in [0.1, 0.15) is 32.6 Å². The molecule has 0 aromatic heterocycles. The van der Waals surface area contributed by atoms with Crippen LogP contribution in [-0.4, -0.2) is 30.6 Å². The lowest BCUT2D eigenvalue weighted by Gasteiger charge is -2.41. The van der Waals surface area contributed by atoms with Crippen LogP contribution in [0.2, 0.25) is 5.02 Å². The number of alkyl halides is 3. The Hall–Kier alpha value is -1.86. The van der Waals surface area contributed by atoms with Crippen molar-refractivity contribution >= 4 is 28.9 Å². The van der Waals surface area contributed by atoms with Gasteiger partial charge in [-0.2, -0.15) is 13.2 Å². The van der Waals surface area contributed by atoms with Gasteiger partial charge in [-0.15, -0.1) is 0 Å². The van der Waals surface area contributed by atoms with Crippen molar-refractivity contribution in [1.29, 1.82) is 0 Å². The Morgan fingerprint density at radius 2 is 1.93 bits per heavy atom. The molecule has 3 aliphatic rings. The molecule has 2 aliphatic heterocycles. The molecular formula is C22H24ClF3N2O2. The Balaban J connectivity index is 1.36. The highest BCUT2D eigenvalue weighted by atomic mass is 35.5. The third-order valence-corrected chi connectivity index (χ3v) is 7.08. The van der Waals surface area contributed by atoms with Crippen molar-refractivity contribution in [3.63, 3.8) is 0 Å². The molecule has 1 saturated heterocycles. The number of benzene rings is 1. The summed E-state index contributed by atoms with van der Waals surface area (Å²) < 4.78 is 44.5. The number of aliphatic imine (C=N–C) groups is 1. The van der Waals surface area contributed by atoms with Gasteiger partial charge in [-0.1, -0.05) is 24.6 Å². The highest BCUT2D eigenvalue weighted by Crippen LogP contribution is 2.53. The summed E-state index contributed by atoms with van der Waals surface area (Å²) in [6.45, 7) is 2.35. The number of halogens is 4. The quantitative estimate of drug-likeness (QED) is 0.661. The molecule has 3 atom stereocenters. The predicted molar refractivity (Wildman–Crippen MR) is 109 cm³/mol. The largest absolute Gasteiger partial charge is 0.433 e. The molecule has 4 nitrogen and oxygen atoms in total. The monoisotopic (exact) mass is 440 g/mol. The number of anilines is 1. The third-order valence-electron chi connectivity index (χ3n) is 6.83. The molecule has 0 bridgehead atoms. The number of nitrogens with zero attached hydrogens (tertiary/aromatic N) is 1. The number of fused-ring (bicyclic) bond motifs is 2. The Morgan fingerprint density at radius 3 is 2.57 bits per heavy atom. The van der Waals surface area contributed by atoms with Gasteiger partial charge in [0, 0.05) is 28.0 Å². The Bertz CT molecular complexity index is 858. The van der Waals surface area contributed by atoms with E-state index >= 15 is 0 Å². The molecule has 1 aromatic rings. The average molecular weight is 441 g/mol. The van der Waals surface area contributed by atoms with E-state index in [1.807, 2.05) is 6.92 Å². The van der Waals surface area contributed by atoms with Gasteiger partial charge in [0.1, 0.15) is 5.71 Å². The van der Waals surface area contributed by atoms with E-state index in [1.165, 1.54) is 0 Å². The second-order valence-electron chi connectivity index (χ2n) is 8.58. The van der Waals surface area contributed by atoms with Gasteiger partial charge in [-0.05, 0) is 61.9 Å². The number of dihydropyridines is 1. The maximum Gasteiger partial charge on any atom is 0.433 e. The van der Waals surface area contributed by atoms with E-state index < -0.39 is 18.1 Å². The maximum atomic E-state index is 12.9. The minimum Gasteiger partial charge on any atom is -0.355 e. The van der Waals surface area contributed by atoms with Crippen molar-refractivity contribution in [2.75, 3.05) is 11.9 Å². The van der Waals surface area contributed by atoms with Crippen molar-refractivity contribution < 1.29 is 22.7 Å². The van der Waals surface area contributed by atoms with Gasteiger partial charge < -0.3 is 10.1 Å². The first-order chi connectivity index (χ1) is 14.2. The van der Waals surface area contributed by atoms with Crippen LogP contribution in [0.4, 0.5) is 18.9 Å². The molecule has 1 amide bonds. The van der Waals surface area contributed by atoms with E-state index in [0.29, 0.717) is 17.3 Å². The number of amides is 1. The van der Waals surface area contributed by atoms with Crippen molar-refractivity contribution in [1.82, 2.24) is 0 Å². The standard InChI is InChI=1S/C22H24ClF3N2O2/c1-13(19(29)27-16-4-2-15(23)3-5-16)14-8-10-21(11-9-14)12-30-20-17(21)6-7-18(28-20)22(24,25)26/h2-7,13-14,17,20H,8-12H2,1H3,(H,27,29)/t13-,14?,17?,20?,21?/m0/s1. The average Bonchev–Trinajstić information content (AvgIpc) is 3.07. The summed E-state index contributed by atoms with van der Waals surface area (Å²) in [5.74, 6) is -0.102. The molecule has 2 unspecified atom stereocenters. The smallest absolute Gasteiger partial charge is 0.355 e. The van der Waals surface area contributed by atoms with E-state index in [4.69, 9.17) is 16.3 Å². The molecule has 1 N–H and O–H groups in total. The van der Waals surface area contributed by atoms with Crippen molar-refractivity contribution in [3.05, 3.63) is 41.4 Å². The number of carbonyl (C=O) groups is 1. The molecule has 4 rings (SSSR count). The molecule has 1 saturated carbocycles. The van der Waals surface area contributed by atoms with Crippen LogP contribution in [0.5, 0.6) is 0 Å². The summed E-state index contributed by atoms with van der Waals surface area (Å²) in [4.78, 5) is 16.5. The zero-order chi connectivity index (χ0) is 21.5. The minimum absolute atomic E-state index is 0.0317.